The molecule has 6 rings (SSSR count). The summed E-state index contributed by atoms with van der Waals surface area (Å²) in [6.45, 7) is 0.709. The Labute approximate surface area is 280 Å². The van der Waals surface area contributed by atoms with Crippen LogP contribution in [0, 0.1) is 22.1 Å². The molecular weight excluding hydrogens is 647 g/mol. The minimum absolute atomic E-state index is 0.0174. The third-order valence-corrected chi connectivity index (χ3v) is 7.93. The summed E-state index contributed by atoms with van der Waals surface area (Å²) >= 11 is 6.11. The van der Waals surface area contributed by atoms with Crippen LogP contribution in [0.15, 0.2) is 90.5 Å². The Balaban J connectivity index is 0.000000195. The summed E-state index contributed by atoms with van der Waals surface area (Å²) in [4.78, 5) is 44.2. The van der Waals surface area contributed by atoms with Gasteiger partial charge in [-0.2, -0.15) is 5.26 Å². The van der Waals surface area contributed by atoms with E-state index in [9.17, 15) is 27.7 Å². The van der Waals surface area contributed by atoms with Crippen molar-refractivity contribution in [2.24, 2.45) is 5.29 Å². The number of nitrogens with one attached hydrogen (secondary N) is 1. The molecule has 1 amide bonds. The van der Waals surface area contributed by atoms with Crippen LogP contribution >= 0.6 is 11.6 Å². The number of rotatable bonds is 8. The number of benzene rings is 2. The van der Waals surface area contributed by atoms with E-state index in [1.165, 1.54) is 12.1 Å². The molecular formula is C34H31ClF3N7O3. The number of carbonyl (C=O) groups is 2. The van der Waals surface area contributed by atoms with Gasteiger partial charge in [-0.1, -0.05) is 35.9 Å². The summed E-state index contributed by atoms with van der Waals surface area (Å²) in [5.74, 6) is -2.27. The molecule has 48 heavy (non-hydrogen) atoms. The van der Waals surface area contributed by atoms with Crippen LogP contribution in [0.4, 0.5) is 24.7 Å². The number of aromatic nitrogens is 2. The maximum absolute atomic E-state index is 14.6. The van der Waals surface area contributed by atoms with E-state index in [0.717, 1.165) is 17.5 Å². The van der Waals surface area contributed by atoms with Crippen LogP contribution in [0.1, 0.15) is 42.9 Å². The third kappa shape index (κ3) is 8.99. The Morgan fingerprint density at radius 3 is 2.40 bits per heavy atom. The second kappa shape index (κ2) is 16.6. The smallest absolute Gasteiger partial charge is 0.251 e. The summed E-state index contributed by atoms with van der Waals surface area (Å²) in [6.07, 6.45) is 5.14. The number of hydrogen-bond donors (Lipinski definition) is 1. The van der Waals surface area contributed by atoms with Crippen LogP contribution in [-0.2, 0) is 9.59 Å². The maximum Gasteiger partial charge on any atom is 0.251 e. The van der Waals surface area contributed by atoms with Crippen molar-refractivity contribution in [3.05, 3.63) is 112 Å². The molecule has 1 unspecified atom stereocenters. The molecule has 2 aliphatic rings. The lowest BCUT2D eigenvalue weighted by atomic mass is 9.88. The Kier molecular flexibility index (Phi) is 12.3. The number of nitriles is 1. The zero-order chi connectivity index (χ0) is 34.7. The van der Waals surface area contributed by atoms with E-state index < -0.39 is 17.8 Å². The summed E-state index contributed by atoms with van der Waals surface area (Å²) in [5.41, 5.74) is 1.81. The first-order valence-corrected chi connectivity index (χ1v) is 15.2. The van der Waals surface area contributed by atoms with Crippen molar-refractivity contribution in [3.8, 4) is 17.3 Å². The van der Waals surface area contributed by atoms with Crippen LogP contribution in [0.3, 0.4) is 0 Å². The third-order valence-electron chi connectivity index (χ3n) is 7.59. The number of anilines is 2. The lowest BCUT2D eigenvalue weighted by Crippen LogP contribution is -2.46. The van der Waals surface area contributed by atoms with Crippen molar-refractivity contribution in [3.63, 3.8) is 0 Å². The average Bonchev–Trinajstić information content (AvgIpc) is 3.53. The number of carbonyl (C=O) groups excluding carboxylic acids is 2. The van der Waals surface area contributed by atoms with Crippen LogP contribution in [0.25, 0.3) is 11.3 Å². The predicted octanol–water partition coefficient (Wildman–Crippen LogP) is 7.05. The highest BCUT2D eigenvalue weighted by molar-refractivity contribution is 6.31. The minimum atomic E-state index is -2.37. The molecule has 248 valence electrons. The second-order valence-electron chi connectivity index (χ2n) is 10.8. The Morgan fingerprint density at radius 2 is 1.85 bits per heavy atom. The van der Waals surface area contributed by atoms with Gasteiger partial charge in [0.25, 0.3) is 5.92 Å². The van der Waals surface area contributed by atoms with E-state index >= 15 is 0 Å². The summed E-state index contributed by atoms with van der Waals surface area (Å²) in [5, 5.41) is 15.6. The van der Waals surface area contributed by atoms with Gasteiger partial charge < -0.3 is 10.1 Å². The number of aldehydes is 1. The highest BCUT2D eigenvalue weighted by Crippen LogP contribution is 2.37. The first kappa shape index (κ1) is 35.7. The maximum atomic E-state index is 14.6. The van der Waals surface area contributed by atoms with E-state index in [0.29, 0.717) is 46.9 Å². The molecule has 10 nitrogen and oxygen atoms in total. The van der Waals surface area contributed by atoms with Gasteiger partial charge in [-0.25, -0.2) is 23.2 Å². The molecule has 2 fully saturated rings. The number of hydrogen-bond acceptors (Lipinski definition) is 8. The zero-order valence-corrected chi connectivity index (χ0v) is 26.5. The quantitative estimate of drug-likeness (QED) is 0.119. The van der Waals surface area contributed by atoms with E-state index in [1.54, 1.807) is 78.9 Å². The fourth-order valence-corrected chi connectivity index (χ4v) is 5.25. The molecule has 1 saturated heterocycles. The standard InChI is InChI=1S/C19H13ClFN3O2.C10H9N3O.C5H9F2N/c20-16-6-2-1-5-14(16)19(12-25)24(23-26)13-8-9-15(17(21)11-13)18-7-3-4-10-22-18;11-7-8-3-4-12-9(6-8)13-5-1-2-10(13)14;1-8-4-2-5(6,7)3-4/h1-12,19H;3-4,6H,1-2,5H2;4,8H,2-3H2,1H3. The molecule has 0 bridgehead atoms. The molecule has 4 aromatic rings. The van der Waals surface area contributed by atoms with Gasteiger partial charge in [-0.15, -0.1) is 4.91 Å². The number of nitrogens with zero attached hydrogens (tertiary/aromatic N) is 6. The van der Waals surface area contributed by atoms with Gasteiger partial charge in [0.2, 0.25) is 5.91 Å². The van der Waals surface area contributed by atoms with Crippen LogP contribution < -0.4 is 15.2 Å². The molecule has 1 atom stereocenters. The molecule has 0 radical (unpaired) electrons. The molecule has 1 N–H and O–H groups in total. The Hall–Kier alpha value is -5.19. The highest BCUT2D eigenvalue weighted by atomic mass is 35.5. The first-order valence-electron chi connectivity index (χ1n) is 14.9. The van der Waals surface area contributed by atoms with Crippen molar-refractivity contribution < 1.29 is 22.8 Å². The molecule has 2 aromatic heterocycles. The predicted molar refractivity (Wildman–Crippen MR) is 176 cm³/mol. The zero-order valence-electron chi connectivity index (χ0n) is 25.8. The first-order chi connectivity index (χ1) is 23.1. The summed E-state index contributed by atoms with van der Waals surface area (Å²) in [6, 6.07) is 20.2. The van der Waals surface area contributed by atoms with Crippen LogP contribution in [-0.4, -0.2) is 47.7 Å². The van der Waals surface area contributed by atoms with E-state index in [2.05, 4.69) is 20.6 Å². The topological polar surface area (TPSA) is 132 Å². The van der Waals surface area contributed by atoms with Crippen molar-refractivity contribution in [2.45, 2.75) is 43.7 Å². The summed E-state index contributed by atoms with van der Waals surface area (Å²) in [7, 11) is 1.71. The fourth-order valence-electron chi connectivity index (χ4n) is 5.00. The van der Waals surface area contributed by atoms with Crippen molar-refractivity contribution in [2.75, 3.05) is 23.5 Å². The van der Waals surface area contributed by atoms with Gasteiger partial charge >= 0.3 is 0 Å². The van der Waals surface area contributed by atoms with Crippen molar-refractivity contribution >= 4 is 35.3 Å². The van der Waals surface area contributed by atoms with Gasteiger partial charge in [-0.05, 0) is 62.0 Å². The van der Waals surface area contributed by atoms with E-state index in [-0.39, 0.29) is 36.0 Å². The largest absolute Gasteiger partial charge is 0.317 e. The SMILES string of the molecule is CNC1CC(F)(F)C1.N#Cc1ccnc(N2CCCC2=O)c1.O=CC(c1ccccc1Cl)N(N=O)c1ccc(-c2ccccn2)c(F)c1. The molecule has 0 spiro atoms. The lowest BCUT2D eigenvalue weighted by molar-refractivity contribution is -0.117. The lowest BCUT2D eigenvalue weighted by Gasteiger charge is -2.34. The Morgan fingerprint density at radius 1 is 1.10 bits per heavy atom. The average molecular weight is 678 g/mol. The number of alkyl halides is 2. The Bertz CT molecular complexity index is 1770. The number of nitroso groups, excluding NO2 is 1. The molecule has 2 aromatic carbocycles. The van der Waals surface area contributed by atoms with Crippen molar-refractivity contribution in [1.82, 2.24) is 15.3 Å². The van der Waals surface area contributed by atoms with Crippen LogP contribution in [0.2, 0.25) is 5.02 Å². The normalized spacial score (nSPS) is 15.4. The molecule has 14 heteroatoms. The number of halogens is 4. The second-order valence-corrected chi connectivity index (χ2v) is 11.2. The molecule has 1 aliphatic heterocycles. The monoisotopic (exact) mass is 677 g/mol. The molecule has 3 heterocycles. The minimum Gasteiger partial charge on any atom is -0.317 e. The van der Waals surface area contributed by atoms with Crippen molar-refractivity contribution in [1.29, 1.82) is 5.26 Å². The van der Waals surface area contributed by atoms with E-state index in [4.69, 9.17) is 16.9 Å². The van der Waals surface area contributed by atoms with Gasteiger partial charge in [0, 0.05) is 60.4 Å². The molecule has 1 aliphatic carbocycles. The van der Waals surface area contributed by atoms with E-state index in [1.807, 2.05) is 6.07 Å². The fraction of sp³-hybridized carbons (Fsp3) is 0.265. The van der Waals surface area contributed by atoms with Gasteiger partial charge in [0.05, 0.1) is 28.3 Å². The van der Waals surface area contributed by atoms with Gasteiger partial charge in [0.15, 0.2) is 0 Å². The van der Waals surface area contributed by atoms with Gasteiger partial charge in [0.1, 0.15) is 24.0 Å². The number of pyridine rings is 2. The summed E-state index contributed by atoms with van der Waals surface area (Å²) < 4.78 is 38.4. The van der Waals surface area contributed by atoms with Crippen LogP contribution in [0.5, 0.6) is 0 Å². The highest BCUT2D eigenvalue weighted by Gasteiger charge is 2.44. The van der Waals surface area contributed by atoms with Gasteiger partial charge in [-0.3, -0.25) is 14.7 Å². The number of amides is 1. The molecule has 1 saturated carbocycles.